The van der Waals surface area contributed by atoms with Gasteiger partial charge in [-0.25, -0.2) is 0 Å². The van der Waals surface area contributed by atoms with Crippen molar-refractivity contribution >= 4 is 0 Å². The van der Waals surface area contributed by atoms with Crippen LogP contribution in [0.4, 0.5) is 0 Å². The van der Waals surface area contributed by atoms with Gasteiger partial charge in [0.2, 0.25) is 0 Å². The molecular formula is C19H31NO. The van der Waals surface area contributed by atoms with Crippen molar-refractivity contribution in [1.82, 2.24) is 5.32 Å². The van der Waals surface area contributed by atoms with Gasteiger partial charge in [-0.1, -0.05) is 52.2 Å². The summed E-state index contributed by atoms with van der Waals surface area (Å²) in [4.78, 5) is 0. The molecule has 0 aliphatic heterocycles. The van der Waals surface area contributed by atoms with Gasteiger partial charge in [0.1, 0.15) is 12.4 Å². The van der Waals surface area contributed by atoms with E-state index in [2.05, 4.69) is 51.2 Å². The van der Waals surface area contributed by atoms with Gasteiger partial charge < -0.3 is 10.1 Å². The minimum Gasteiger partial charge on any atom is -0.492 e. The summed E-state index contributed by atoms with van der Waals surface area (Å²) in [6, 6.07) is 7.28. The van der Waals surface area contributed by atoms with Crippen LogP contribution in [0, 0.1) is 6.92 Å². The quantitative estimate of drug-likeness (QED) is 0.800. The molecule has 0 amide bonds. The van der Waals surface area contributed by atoms with E-state index in [0.717, 1.165) is 18.9 Å². The van der Waals surface area contributed by atoms with E-state index in [1.54, 1.807) is 0 Å². The molecule has 2 rings (SSSR count). The number of ether oxygens (including phenoxy) is 1. The summed E-state index contributed by atoms with van der Waals surface area (Å²) in [6.07, 6.45) is 6.84. The molecule has 0 bridgehead atoms. The monoisotopic (exact) mass is 289 g/mol. The second kappa shape index (κ2) is 7.31. The SMILES string of the molecule is Cc1cc(C(C)(C)C)ccc1OCCNC1CCCCC1. The highest BCUT2D eigenvalue weighted by atomic mass is 16.5. The second-order valence-electron chi connectivity index (χ2n) is 7.37. The molecule has 0 spiro atoms. The molecule has 2 nitrogen and oxygen atoms in total. The van der Waals surface area contributed by atoms with Gasteiger partial charge in [-0.05, 0) is 42.4 Å². The van der Waals surface area contributed by atoms with Crippen molar-refractivity contribution in [1.29, 1.82) is 0 Å². The van der Waals surface area contributed by atoms with Crippen molar-refractivity contribution in [2.24, 2.45) is 0 Å². The average Bonchev–Trinajstić information content (AvgIpc) is 2.45. The van der Waals surface area contributed by atoms with Crippen LogP contribution in [0.2, 0.25) is 0 Å². The first-order chi connectivity index (χ1) is 9.97. The van der Waals surface area contributed by atoms with Gasteiger partial charge in [0.25, 0.3) is 0 Å². The molecular weight excluding hydrogens is 258 g/mol. The predicted octanol–water partition coefficient (Wildman–Crippen LogP) is 4.59. The molecule has 0 aromatic heterocycles. The Morgan fingerprint density at radius 3 is 2.48 bits per heavy atom. The number of hydrogen-bond acceptors (Lipinski definition) is 2. The molecule has 1 aromatic rings. The van der Waals surface area contributed by atoms with Gasteiger partial charge in [0, 0.05) is 12.6 Å². The number of benzene rings is 1. The van der Waals surface area contributed by atoms with E-state index in [1.165, 1.54) is 43.2 Å². The van der Waals surface area contributed by atoms with Gasteiger partial charge in [0.15, 0.2) is 0 Å². The Hall–Kier alpha value is -1.02. The fourth-order valence-corrected chi connectivity index (χ4v) is 3.01. The van der Waals surface area contributed by atoms with E-state index < -0.39 is 0 Å². The summed E-state index contributed by atoms with van der Waals surface area (Å²) in [7, 11) is 0. The molecule has 0 heterocycles. The van der Waals surface area contributed by atoms with E-state index >= 15 is 0 Å². The highest BCUT2D eigenvalue weighted by molar-refractivity contribution is 5.38. The first-order valence-electron chi connectivity index (χ1n) is 8.44. The maximum Gasteiger partial charge on any atom is 0.122 e. The lowest BCUT2D eigenvalue weighted by molar-refractivity contribution is 0.288. The molecule has 1 saturated carbocycles. The lowest BCUT2D eigenvalue weighted by Gasteiger charge is -2.23. The maximum absolute atomic E-state index is 5.93. The molecule has 0 unspecified atom stereocenters. The van der Waals surface area contributed by atoms with Gasteiger partial charge >= 0.3 is 0 Å². The van der Waals surface area contributed by atoms with Crippen LogP contribution in [-0.4, -0.2) is 19.2 Å². The largest absolute Gasteiger partial charge is 0.492 e. The van der Waals surface area contributed by atoms with Crippen LogP contribution < -0.4 is 10.1 Å². The molecule has 0 atom stereocenters. The highest BCUT2D eigenvalue weighted by Crippen LogP contribution is 2.27. The third-order valence-electron chi connectivity index (χ3n) is 4.44. The van der Waals surface area contributed by atoms with Crippen LogP contribution in [0.5, 0.6) is 5.75 Å². The lowest BCUT2D eigenvalue weighted by Crippen LogP contribution is -2.34. The summed E-state index contributed by atoms with van der Waals surface area (Å²) >= 11 is 0. The van der Waals surface area contributed by atoms with Crippen LogP contribution in [0.15, 0.2) is 18.2 Å². The van der Waals surface area contributed by atoms with E-state index in [-0.39, 0.29) is 5.41 Å². The van der Waals surface area contributed by atoms with Crippen molar-refractivity contribution in [3.05, 3.63) is 29.3 Å². The summed E-state index contributed by atoms with van der Waals surface area (Å²) in [5.41, 5.74) is 2.80. The predicted molar refractivity (Wildman–Crippen MR) is 90.2 cm³/mol. The van der Waals surface area contributed by atoms with Crippen molar-refractivity contribution in [2.75, 3.05) is 13.2 Å². The summed E-state index contributed by atoms with van der Waals surface area (Å²) in [5, 5.41) is 3.62. The second-order valence-corrected chi connectivity index (χ2v) is 7.37. The van der Waals surface area contributed by atoms with Crippen LogP contribution in [0.25, 0.3) is 0 Å². The summed E-state index contributed by atoms with van der Waals surface area (Å²) in [5.74, 6) is 1.02. The van der Waals surface area contributed by atoms with Crippen LogP contribution in [0.1, 0.15) is 64.0 Å². The molecule has 1 aliphatic rings. The van der Waals surface area contributed by atoms with Crippen molar-refractivity contribution in [2.45, 2.75) is 71.3 Å². The van der Waals surface area contributed by atoms with E-state index in [0.29, 0.717) is 6.04 Å². The summed E-state index contributed by atoms with van der Waals surface area (Å²) in [6.45, 7) is 10.6. The van der Waals surface area contributed by atoms with E-state index in [4.69, 9.17) is 4.74 Å². The summed E-state index contributed by atoms with van der Waals surface area (Å²) < 4.78 is 5.93. The third-order valence-corrected chi connectivity index (χ3v) is 4.44. The first-order valence-corrected chi connectivity index (χ1v) is 8.44. The van der Waals surface area contributed by atoms with E-state index in [1.807, 2.05) is 0 Å². The Morgan fingerprint density at radius 2 is 1.86 bits per heavy atom. The van der Waals surface area contributed by atoms with Crippen molar-refractivity contribution in [3.8, 4) is 5.75 Å². The van der Waals surface area contributed by atoms with Crippen LogP contribution in [0.3, 0.4) is 0 Å². The maximum atomic E-state index is 5.93. The van der Waals surface area contributed by atoms with Gasteiger partial charge in [-0.2, -0.15) is 0 Å². The zero-order valence-corrected chi connectivity index (χ0v) is 14.2. The first kappa shape index (κ1) is 16.4. The fraction of sp³-hybridized carbons (Fsp3) is 0.684. The molecule has 1 N–H and O–H groups in total. The normalized spacial score (nSPS) is 17.0. The van der Waals surface area contributed by atoms with Crippen LogP contribution >= 0.6 is 0 Å². The zero-order valence-electron chi connectivity index (χ0n) is 14.2. The number of hydrogen-bond donors (Lipinski definition) is 1. The molecule has 2 heteroatoms. The number of rotatable bonds is 5. The molecule has 21 heavy (non-hydrogen) atoms. The number of aryl methyl sites for hydroxylation is 1. The Morgan fingerprint density at radius 1 is 1.14 bits per heavy atom. The molecule has 1 aliphatic carbocycles. The third kappa shape index (κ3) is 5.03. The van der Waals surface area contributed by atoms with E-state index in [9.17, 15) is 0 Å². The lowest BCUT2D eigenvalue weighted by atomic mass is 9.86. The van der Waals surface area contributed by atoms with Crippen molar-refractivity contribution in [3.63, 3.8) is 0 Å². The molecule has 118 valence electrons. The molecule has 0 radical (unpaired) electrons. The van der Waals surface area contributed by atoms with Gasteiger partial charge in [0.05, 0.1) is 0 Å². The number of nitrogens with one attached hydrogen (secondary N) is 1. The fourth-order valence-electron chi connectivity index (χ4n) is 3.01. The van der Waals surface area contributed by atoms with Gasteiger partial charge in [-0.3, -0.25) is 0 Å². The zero-order chi connectivity index (χ0) is 15.3. The Labute approximate surface area is 130 Å². The topological polar surface area (TPSA) is 21.3 Å². The average molecular weight is 289 g/mol. The van der Waals surface area contributed by atoms with Gasteiger partial charge in [-0.15, -0.1) is 0 Å². The molecule has 1 fully saturated rings. The highest BCUT2D eigenvalue weighted by Gasteiger charge is 2.15. The Bertz CT molecular complexity index is 441. The Kier molecular flexibility index (Phi) is 5.69. The molecule has 1 aromatic carbocycles. The van der Waals surface area contributed by atoms with Crippen LogP contribution in [-0.2, 0) is 5.41 Å². The Balaban J connectivity index is 1.78. The molecule has 0 saturated heterocycles. The smallest absolute Gasteiger partial charge is 0.122 e. The minimum atomic E-state index is 0.200. The standard InChI is InChI=1S/C19H31NO/c1-15-14-16(19(2,3)4)10-11-18(15)21-13-12-20-17-8-6-5-7-9-17/h10-11,14,17,20H,5-9,12-13H2,1-4H3. The van der Waals surface area contributed by atoms with Crippen molar-refractivity contribution < 1.29 is 4.74 Å². The minimum absolute atomic E-state index is 0.200.